The predicted molar refractivity (Wildman–Crippen MR) is 83.3 cm³/mol. The van der Waals surface area contributed by atoms with E-state index in [2.05, 4.69) is 10.1 Å². The molecule has 1 amide bonds. The molecule has 0 aromatic heterocycles. The summed E-state index contributed by atoms with van der Waals surface area (Å²) in [5.41, 5.74) is 1.42. The number of hydrogen-bond donors (Lipinski definition) is 1. The van der Waals surface area contributed by atoms with Crippen molar-refractivity contribution >= 4 is 17.6 Å². The fourth-order valence-electron chi connectivity index (χ4n) is 1.91. The molecular formula is C17H17NO4. The quantitative estimate of drug-likeness (QED) is 0.862. The molecule has 0 unspecified atom stereocenters. The predicted octanol–water partition coefficient (Wildman–Crippen LogP) is 3.12. The highest BCUT2D eigenvalue weighted by Gasteiger charge is 2.09. The van der Waals surface area contributed by atoms with Gasteiger partial charge >= 0.3 is 5.97 Å². The first-order valence-corrected chi connectivity index (χ1v) is 6.86. The molecule has 5 nitrogen and oxygen atoms in total. The van der Waals surface area contributed by atoms with Gasteiger partial charge in [-0.15, -0.1) is 0 Å². The van der Waals surface area contributed by atoms with Crippen LogP contribution in [0.2, 0.25) is 0 Å². The third-order valence-electron chi connectivity index (χ3n) is 2.97. The van der Waals surface area contributed by atoms with Crippen molar-refractivity contribution in [3.63, 3.8) is 0 Å². The van der Waals surface area contributed by atoms with E-state index in [4.69, 9.17) is 4.74 Å². The number of methoxy groups -OCH3 is 1. The highest BCUT2D eigenvalue weighted by Crippen LogP contribution is 2.15. The highest BCUT2D eigenvalue weighted by atomic mass is 16.5. The highest BCUT2D eigenvalue weighted by molar-refractivity contribution is 6.04. The molecule has 0 bridgehead atoms. The maximum Gasteiger partial charge on any atom is 0.337 e. The van der Waals surface area contributed by atoms with Crippen LogP contribution in [0.25, 0.3) is 0 Å². The lowest BCUT2D eigenvalue weighted by molar-refractivity contribution is 0.0600. The average Bonchev–Trinajstić information content (AvgIpc) is 2.55. The van der Waals surface area contributed by atoms with Gasteiger partial charge in [0.05, 0.1) is 19.3 Å². The summed E-state index contributed by atoms with van der Waals surface area (Å²) >= 11 is 0. The summed E-state index contributed by atoms with van der Waals surface area (Å²) in [7, 11) is 1.31. The fourth-order valence-corrected chi connectivity index (χ4v) is 1.91. The Morgan fingerprint density at radius 1 is 1.05 bits per heavy atom. The van der Waals surface area contributed by atoms with Crippen molar-refractivity contribution in [1.82, 2.24) is 0 Å². The lowest BCUT2D eigenvalue weighted by Crippen LogP contribution is -2.12. The van der Waals surface area contributed by atoms with E-state index in [0.29, 0.717) is 29.2 Å². The van der Waals surface area contributed by atoms with Gasteiger partial charge in [-0.1, -0.05) is 6.07 Å². The summed E-state index contributed by atoms with van der Waals surface area (Å²) in [5.74, 6) is 0.00830. The second kappa shape index (κ2) is 7.26. The van der Waals surface area contributed by atoms with Gasteiger partial charge in [0, 0.05) is 11.3 Å². The number of carbonyl (C=O) groups is 2. The summed E-state index contributed by atoms with van der Waals surface area (Å²) in [5, 5.41) is 2.74. The molecule has 0 atom stereocenters. The van der Waals surface area contributed by atoms with Crippen LogP contribution in [0, 0.1) is 0 Å². The van der Waals surface area contributed by atoms with Gasteiger partial charge in [0.2, 0.25) is 0 Å². The van der Waals surface area contributed by atoms with Crippen molar-refractivity contribution in [2.45, 2.75) is 6.92 Å². The second-order valence-corrected chi connectivity index (χ2v) is 4.48. The molecule has 2 aromatic carbocycles. The first-order valence-electron chi connectivity index (χ1n) is 6.86. The molecule has 0 saturated heterocycles. The Morgan fingerprint density at radius 2 is 1.77 bits per heavy atom. The molecule has 0 radical (unpaired) electrons. The molecule has 2 aromatic rings. The molecule has 2 rings (SSSR count). The number of amides is 1. The molecular weight excluding hydrogens is 282 g/mol. The summed E-state index contributed by atoms with van der Waals surface area (Å²) < 4.78 is 9.98. The Bertz CT molecular complexity index is 665. The van der Waals surface area contributed by atoms with Gasteiger partial charge in [-0.3, -0.25) is 4.79 Å². The molecule has 0 spiro atoms. The lowest BCUT2D eigenvalue weighted by Gasteiger charge is -2.08. The van der Waals surface area contributed by atoms with Crippen molar-refractivity contribution in [3.8, 4) is 5.75 Å². The number of hydrogen-bond acceptors (Lipinski definition) is 4. The smallest absolute Gasteiger partial charge is 0.337 e. The molecule has 0 aliphatic carbocycles. The van der Waals surface area contributed by atoms with Gasteiger partial charge in [-0.25, -0.2) is 4.79 Å². The van der Waals surface area contributed by atoms with Crippen molar-refractivity contribution < 1.29 is 19.1 Å². The minimum atomic E-state index is -0.447. The average molecular weight is 299 g/mol. The van der Waals surface area contributed by atoms with Gasteiger partial charge in [0.15, 0.2) is 0 Å². The van der Waals surface area contributed by atoms with E-state index in [-0.39, 0.29) is 5.91 Å². The molecule has 114 valence electrons. The van der Waals surface area contributed by atoms with Crippen LogP contribution in [0.15, 0.2) is 48.5 Å². The van der Waals surface area contributed by atoms with Crippen molar-refractivity contribution in [3.05, 3.63) is 59.7 Å². The van der Waals surface area contributed by atoms with E-state index in [9.17, 15) is 9.59 Å². The zero-order valence-electron chi connectivity index (χ0n) is 12.5. The van der Waals surface area contributed by atoms with E-state index in [1.54, 1.807) is 48.5 Å². The number of ether oxygens (including phenoxy) is 2. The van der Waals surface area contributed by atoms with Crippen molar-refractivity contribution in [2.75, 3.05) is 19.0 Å². The molecule has 1 N–H and O–H groups in total. The Balaban J connectivity index is 2.09. The molecule has 0 fully saturated rings. The standard InChI is InChI=1S/C17H17NO4/c1-3-22-15-9-7-12(8-10-15)16(19)18-14-6-4-5-13(11-14)17(20)21-2/h4-11H,3H2,1-2H3,(H,18,19). The monoisotopic (exact) mass is 299 g/mol. The maximum atomic E-state index is 12.2. The van der Waals surface area contributed by atoms with Crippen LogP contribution >= 0.6 is 0 Å². The van der Waals surface area contributed by atoms with Crippen LogP contribution < -0.4 is 10.1 Å². The lowest BCUT2D eigenvalue weighted by atomic mass is 10.1. The molecule has 0 aliphatic rings. The molecule has 5 heteroatoms. The van der Waals surface area contributed by atoms with Gasteiger partial charge in [0.1, 0.15) is 5.75 Å². The summed E-state index contributed by atoms with van der Waals surface area (Å²) in [6, 6.07) is 13.4. The largest absolute Gasteiger partial charge is 0.494 e. The zero-order valence-corrected chi connectivity index (χ0v) is 12.5. The Hall–Kier alpha value is -2.82. The van der Waals surface area contributed by atoms with E-state index in [0.717, 1.165) is 0 Å². The van der Waals surface area contributed by atoms with Crippen molar-refractivity contribution in [1.29, 1.82) is 0 Å². The van der Waals surface area contributed by atoms with E-state index in [1.165, 1.54) is 7.11 Å². The first kappa shape index (κ1) is 15.6. The SMILES string of the molecule is CCOc1ccc(C(=O)Nc2cccc(C(=O)OC)c2)cc1. The normalized spacial score (nSPS) is 9.91. The molecule has 22 heavy (non-hydrogen) atoms. The van der Waals surface area contributed by atoms with Gasteiger partial charge in [-0.05, 0) is 49.4 Å². The third kappa shape index (κ3) is 3.85. The zero-order chi connectivity index (χ0) is 15.9. The number of carbonyl (C=O) groups excluding carboxylic acids is 2. The van der Waals surface area contributed by atoms with E-state index >= 15 is 0 Å². The molecule has 0 saturated carbocycles. The number of nitrogens with one attached hydrogen (secondary N) is 1. The van der Waals surface area contributed by atoms with Gasteiger partial charge < -0.3 is 14.8 Å². The number of benzene rings is 2. The van der Waals surface area contributed by atoms with Crippen LogP contribution in [-0.2, 0) is 4.74 Å². The Morgan fingerprint density at radius 3 is 2.41 bits per heavy atom. The minimum Gasteiger partial charge on any atom is -0.494 e. The Labute approximate surface area is 128 Å². The minimum absolute atomic E-state index is 0.259. The van der Waals surface area contributed by atoms with Crippen LogP contribution in [0.5, 0.6) is 5.75 Å². The summed E-state index contributed by atoms with van der Waals surface area (Å²) in [6.45, 7) is 2.47. The summed E-state index contributed by atoms with van der Waals surface area (Å²) in [6.07, 6.45) is 0. The Kier molecular flexibility index (Phi) is 5.14. The second-order valence-electron chi connectivity index (χ2n) is 4.48. The van der Waals surface area contributed by atoms with Gasteiger partial charge in [0.25, 0.3) is 5.91 Å². The first-order chi connectivity index (χ1) is 10.6. The third-order valence-corrected chi connectivity index (χ3v) is 2.97. The molecule has 0 heterocycles. The van der Waals surface area contributed by atoms with Crippen LogP contribution in [-0.4, -0.2) is 25.6 Å². The van der Waals surface area contributed by atoms with Crippen LogP contribution in [0.1, 0.15) is 27.6 Å². The van der Waals surface area contributed by atoms with E-state index < -0.39 is 5.97 Å². The van der Waals surface area contributed by atoms with Gasteiger partial charge in [-0.2, -0.15) is 0 Å². The number of esters is 1. The fraction of sp³-hybridized carbons (Fsp3) is 0.176. The summed E-state index contributed by atoms with van der Waals surface area (Å²) in [4.78, 5) is 23.6. The number of anilines is 1. The van der Waals surface area contributed by atoms with Crippen LogP contribution in [0.3, 0.4) is 0 Å². The number of rotatable bonds is 5. The van der Waals surface area contributed by atoms with Crippen LogP contribution in [0.4, 0.5) is 5.69 Å². The maximum absolute atomic E-state index is 12.2. The topological polar surface area (TPSA) is 64.6 Å². The van der Waals surface area contributed by atoms with Crippen molar-refractivity contribution in [2.24, 2.45) is 0 Å². The van der Waals surface area contributed by atoms with E-state index in [1.807, 2.05) is 6.92 Å². The molecule has 0 aliphatic heterocycles.